The Morgan fingerprint density at radius 3 is 1.83 bits per heavy atom. The van der Waals surface area contributed by atoms with Gasteiger partial charge in [0.25, 0.3) is 5.56 Å². The zero-order valence-corrected chi connectivity index (χ0v) is 54.5. The average Bonchev–Trinajstić information content (AvgIpc) is 1.62. The highest BCUT2D eigenvalue weighted by Gasteiger charge is 2.46. The maximum Gasteiger partial charge on any atom is 0.407 e. The summed E-state index contributed by atoms with van der Waals surface area (Å²) >= 11 is 0. The van der Waals surface area contributed by atoms with Crippen molar-refractivity contribution in [1.82, 2.24) is 30.8 Å². The second-order valence-corrected chi connectivity index (χ2v) is 23.1. The second-order valence-electron chi connectivity index (χ2n) is 23.1. The first kappa shape index (κ1) is 75.0. The Bertz CT molecular complexity index is 3320. The molecule has 0 saturated heterocycles. The van der Waals surface area contributed by atoms with Gasteiger partial charge in [0, 0.05) is 47.8 Å². The predicted molar refractivity (Wildman–Crippen MR) is 336 cm³/mol. The fraction of sp³-hybridized carbons (Fsp3) is 0.600. The van der Waals surface area contributed by atoms with Crippen LogP contribution in [-0.2, 0) is 103 Å². The van der Waals surface area contributed by atoms with Gasteiger partial charge in [-0.05, 0) is 86.3 Å². The number of aliphatic hydroxyl groups is 1. The molecule has 7 rings (SSSR count). The number of esters is 1. The van der Waals surface area contributed by atoms with Crippen molar-refractivity contribution in [3.05, 3.63) is 91.0 Å². The number of primary amides is 1. The number of urea groups is 1. The van der Waals surface area contributed by atoms with Gasteiger partial charge in [0.15, 0.2) is 5.60 Å². The molecular weight excluding hydrogens is 1250 g/mol. The van der Waals surface area contributed by atoms with E-state index in [2.05, 4.69) is 33.5 Å². The molecule has 0 radical (unpaired) electrons. The molecule has 1 unspecified atom stereocenters. The van der Waals surface area contributed by atoms with Gasteiger partial charge in [-0.3, -0.25) is 19.2 Å². The number of fused-ring (bicyclic) bond motifs is 5. The third kappa shape index (κ3) is 21.1. The minimum Gasteiger partial charge on any atom is -0.458 e. The van der Waals surface area contributed by atoms with Crippen molar-refractivity contribution < 1.29 is 99.2 Å². The molecule has 27 nitrogen and oxygen atoms in total. The number of aromatic nitrogens is 2. The van der Waals surface area contributed by atoms with Crippen molar-refractivity contribution in [2.45, 2.75) is 123 Å². The fourth-order valence-electron chi connectivity index (χ4n) is 11.1. The minimum absolute atomic E-state index is 0.00604. The number of hydrogen-bond donors (Lipinski definition) is 7. The van der Waals surface area contributed by atoms with Crippen LogP contribution in [0.15, 0.2) is 29.1 Å². The Labute approximate surface area is 548 Å². The van der Waals surface area contributed by atoms with Crippen LogP contribution in [0.1, 0.15) is 111 Å². The van der Waals surface area contributed by atoms with Gasteiger partial charge in [-0.1, -0.05) is 27.7 Å². The third-order valence-electron chi connectivity index (χ3n) is 16.1. The van der Waals surface area contributed by atoms with E-state index in [-0.39, 0.29) is 112 Å². The molecule has 524 valence electrons. The van der Waals surface area contributed by atoms with Crippen LogP contribution in [0.2, 0.25) is 0 Å². The summed E-state index contributed by atoms with van der Waals surface area (Å²) in [5, 5.41) is 24.8. The number of rotatable bonds is 43. The van der Waals surface area contributed by atoms with Gasteiger partial charge in [0.05, 0.1) is 153 Å². The molecule has 8 N–H and O–H groups in total. The van der Waals surface area contributed by atoms with Gasteiger partial charge >= 0.3 is 18.1 Å². The first-order valence-corrected chi connectivity index (χ1v) is 32.1. The molecule has 4 aromatic rings. The van der Waals surface area contributed by atoms with Crippen LogP contribution in [0.5, 0.6) is 0 Å². The topological polar surface area (TPSA) is 345 Å². The number of carbonyl (C=O) groups excluding carboxylic acids is 6. The zero-order chi connectivity index (χ0) is 68.4. The normalized spacial score (nSPS) is 16.0. The summed E-state index contributed by atoms with van der Waals surface area (Å²) < 4.78 is 108. The fourth-order valence-corrected chi connectivity index (χ4v) is 11.1. The number of anilines is 1. The lowest BCUT2D eigenvalue weighted by Gasteiger charge is -2.31. The lowest BCUT2D eigenvalue weighted by molar-refractivity contribution is -0.172. The molecule has 3 aliphatic rings. The van der Waals surface area contributed by atoms with Gasteiger partial charge in [0.2, 0.25) is 17.7 Å². The van der Waals surface area contributed by atoms with Gasteiger partial charge < -0.3 is 94.1 Å². The molecule has 0 saturated carbocycles. The van der Waals surface area contributed by atoms with Crippen molar-refractivity contribution in [2.75, 3.05) is 131 Å². The summed E-state index contributed by atoms with van der Waals surface area (Å²) in [4.78, 5) is 97.3. The molecule has 30 heteroatoms. The van der Waals surface area contributed by atoms with Gasteiger partial charge in [-0.25, -0.2) is 32.5 Å². The first-order chi connectivity index (χ1) is 45.8. The van der Waals surface area contributed by atoms with Crippen LogP contribution in [0, 0.1) is 30.3 Å². The quantitative estimate of drug-likeness (QED) is 0.0206. The van der Waals surface area contributed by atoms with E-state index < -0.39 is 101 Å². The monoisotopic (exact) mass is 1340 g/mol. The number of hydrogen-bond acceptors (Lipinski definition) is 20. The van der Waals surface area contributed by atoms with Gasteiger partial charge in [0.1, 0.15) is 42.7 Å². The number of amides is 6. The lowest BCUT2D eigenvalue weighted by atomic mass is 9.81. The molecule has 6 amide bonds. The number of ether oxygens (including phenoxy) is 11. The summed E-state index contributed by atoms with van der Waals surface area (Å²) in [7, 11) is 0. The number of alkyl carbamates (subject to hydrolysis) is 1. The summed E-state index contributed by atoms with van der Waals surface area (Å²) in [6.07, 6.45) is 0.235. The number of halogens is 3. The van der Waals surface area contributed by atoms with Gasteiger partial charge in [-0.2, -0.15) is 0 Å². The number of nitrogens with one attached hydrogen (secondary N) is 5. The molecular formula is C65H89F3N8O19. The van der Waals surface area contributed by atoms with Crippen molar-refractivity contribution in [3.8, 4) is 11.4 Å². The molecule has 2 aliphatic heterocycles. The molecule has 2 aromatic carbocycles. The van der Waals surface area contributed by atoms with E-state index in [0.29, 0.717) is 120 Å². The SMILES string of the molecule is CCCOCCOCCOCCOCCOCCOCCOCCOCCOCCC(=O)NC(C(=O)N[C@@H](CCCNC(N)=O)C(=O)Nc1cc(F)c(COC(=O)N[C@H]2CCc3c(C)c(F)cc4nc5c(c2c34)Cn2c-5cc3c(c2=O)COC(=O)[C@]3(O)CC)c(F)c1)C(C)C. The Morgan fingerprint density at radius 1 is 0.737 bits per heavy atom. The number of benzene rings is 2. The number of pyridine rings is 2. The average molecular weight is 1340 g/mol. The molecule has 4 atom stereocenters. The second kappa shape index (κ2) is 37.8. The summed E-state index contributed by atoms with van der Waals surface area (Å²) in [6, 6.07) is 0.205. The Kier molecular flexibility index (Phi) is 29.8. The highest BCUT2D eigenvalue weighted by molar-refractivity contribution is 5.99. The van der Waals surface area contributed by atoms with E-state index in [4.69, 9.17) is 62.8 Å². The smallest absolute Gasteiger partial charge is 0.407 e. The van der Waals surface area contributed by atoms with Crippen molar-refractivity contribution >= 4 is 52.4 Å². The largest absolute Gasteiger partial charge is 0.458 e. The van der Waals surface area contributed by atoms with Crippen molar-refractivity contribution in [2.24, 2.45) is 11.7 Å². The van der Waals surface area contributed by atoms with E-state index in [1.807, 2.05) is 0 Å². The maximum absolute atomic E-state index is 15.9. The standard InChI is InChI=1S/C65H89F3N8O19/c1-6-14-85-16-18-87-20-22-89-24-26-91-28-30-93-31-29-92-27-25-90-23-21-88-19-17-86-15-12-54(77)75-57(39(3)4)60(79)73-51(9-8-13-70-63(69)82)59(78)71-41-32-48(67)45(49(68)33-41)38-95-64(83)74-50-11-10-42-40(5)47(66)35-52-55(42)56(50)43-36-76-53(58(43)72-52)34-46-44(61(76)80)37-94-62(81)65(46,84)7-2/h32-35,39,50-51,57,84H,6-31,36-38H2,1-5H3,(H,71,78)(H,73,79)(H,74,83)(H,75,77)(H3,69,70,82)/t50-,51-,57?,65-/m0/s1. The van der Waals surface area contributed by atoms with Crippen LogP contribution >= 0.6 is 0 Å². The first-order valence-electron chi connectivity index (χ1n) is 32.1. The third-order valence-corrected chi connectivity index (χ3v) is 16.1. The van der Waals surface area contributed by atoms with Crippen LogP contribution in [0.3, 0.4) is 0 Å². The van der Waals surface area contributed by atoms with E-state index >= 15 is 13.2 Å². The number of nitrogens with zero attached hydrogens (tertiary/aromatic N) is 2. The predicted octanol–water partition coefficient (Wildman–Crippen LogP) is 4.68. The molecule has 4 heterocycles. The van der Waals surface area contributed by atoms with Crippen LogP contribution in [-0.4, -0.2) is 188 Å². The van der Waals surface area contributed by atoms with Crippen LogP contribution in [0.25, 0.3) is 22.3 Å². The maximum atomic E-state index is 15.9. The molecule has 0 bridgehead atoms. The highest BCUT2D eigenvalue weighted by atomic mass is 19.1. The summed E-state index contributed by atoms with van der Waals surface area (Å²) in [5.41, 5.74) is 4.50. The number of cyclic esters (lactones) is 1. The highest BCUT2D eigenvalue weighted by Crippen LogP contribution is 2.46. The molecule has 0 spiro atoms. The Balaban J connectivity index is 0.822. The van der Waals surface area contributed by atoms with E-state index in [1.165, 1.54) is 16.7 Å². The van der Waals surface area contributed by atoms with E-state index in [1.54, 1.807) is 27.7 Å². The van der Waals surface area contributed by atoms with Crippen LogP contribution < -0.4 is 37.9 Å². The van der Waals surface area contributed by atoms with Crippen molar-refractivity contribution in [3.63, 3.8) is 0 Å². The number of aryl methyl sites for hydroxylation is 1. The Hall–Kier alpha value is -7.39. The Morgan fingerprint density at radius 2 is 1.29 bits per heavy atom. The zero-order valence-electron chi connectivity index (χ0n) is 54.5. The molecule has 1 aliphatic carbocycles. The lowest BCUT2D eigenvalue weighted by Crippen LogP contribution is -2.54. The summed E-state index contributed by atoms with van der Waals surface area (Å²) in [5.74, 6) is -6.48. The van der Waals surface area contributed by atoms with E-state index in [9.17, 15) is 38.7 Å². The minimum atomic E-state index is -2.10. The number of nitrogens with two attached hydrogens (primary N) is 1. The summed E-state index contributed by atoms with van der Waals surface area (Å²) in [6.45, 7) is 14.6. The van der Waals surface area contributed by atoms with Gasteiger partial charge in [-0.15, -0.1) is 0 Å². The molecule has 0 fully saturated rings. The van der Waals surface area contributed by atoms with Crippen molar-refractivity contribution in [1.29, 1.82) is 0 Å². The van der Waals surface area contributed by atoms with Crippen LogP contribution in [0.4, 0.5) is 28.4 Å². The number of carbonyl (C=O) groups is 6. The molecule has 2 aromatic heterocycles. The van der Waals surface area contributed by atoms with E-state index in [0.717, 1.165) is 25.2 Å². The molecule has 95 heavy (non-hydrogen) atoms.